The van der Waals surface area contributed by atoms with Gasteiger partial charge in [-0.25, -0.2) is 9.78 Å². The minimum absolute atomic E-state index is 0.0462. The number of rotatable bonds is 12. The number of nitrogens with zero attached hydrogens (tertiary/aromatic N) is 3. The van der Waals surface area contributed by atoms with Crippen molar-refractivity contribution in [3.05, 3.63) is 16.1 Å². The van der Waals surface area contributed by atoms with Gasteiger partial charge < -0.3 is 20.1 Å². The number of aliphatic hydroxyl groups is 1. The fourth-order valence-corrected chi connectivity index (χ4v) is 5.48. The number of ether oxygens (including phenoxy) is 1. The minimum atomic E-state index is -0.941. The number of esters is 1. The highest BCUT2D eigenvalue weighted by Crippen LogP contribution is 2.30. The SMILES string of the molecule is CCOC(=O)c1csc([C@H](O)C[C@H](C(C)C)N(C)C(=O)[C@@H](NC(=O)[C@@]2(C)CCCN2C)[C@@H](C)CC)n1. The van der Waals surface area contributed by atoms with Crippen molar-refractivity contribution < 1.29 is 24.2 Å². The molecule has 1 aliphatic rings. The van der Waals surface area contributed by atoms with Crippen LogP contribution >= 0.6 is 11.3 Å². The molecule has 0 bridgehead atoms. The summed E-state index contributed by atoms with van der Waals surface area (Å²) < 4.78 is 4.98. The zero-order chi connectivity index (χ0) is 27.2. The Morgan fingerprint density at radius 1 is 1.31 bits per heavy atom. The number of aliphatic hydroxyl groups excluding tert-OH is 1. The fourth-order valence-electron chi connectivity index (χ4n) is 4.69. The van der Waals surface area contributed by atoms with Crippen LogP contribution in [0.15, 0.2) is 5.38 Å². The van der Waals surface area contributed by atoms with Crippen molar-refractivity contribution >= 4 is 29.1 Å². The summed E-state index contributed by atoms with van der Waals surface area (Å²) in [4.78, 5) is 47.0. The van der Waals surface area contributed by atoms with Crippen molar-refractivity contribution in [2.24, 2.45) is 11.8 Å². The number of amides is 2. The van der Waals surface area contributed by atoms with Crippen molar-refractivity contribution in [1.29, 1.82) is 0 Å². The fraction of sp³-hybridized carbons (Fsp3) is 0.769. The molecule has 0 spiro atoms. The van der Waals surface area contributed by atoms with Crippen molar-refractivity contribution in [2.75, 3.05) is 27.2 Å². The Kier molecular flexibility index (Phi) is 10.9. The molecular formula is C26H44N4O5S. The van der Waals surface area contributed by atoms with E-state index in [9.17, 15) is 19.5 Å². The molecule has 204 valence electrons. The Hall–Kier alpha value is -2.04. The summed E-state index contributed by atoms with van der Waals surface area (Å²) in [6.45, 7) is 12.7. The first kappa shape index (κ1) is 30.2. The molecule has 0 saturated carbocycles. The van der Waals surface area contributed by atoms with E-state index in [1.165, 1.54) is 11.3 Å². The normalized spacial score (nSPS) is 21.6. The maximum atomic E-state index is 13.8. The summed E-state index contributed by atoms with van der Waals surface area (Å²) in [7, 11) is 3.68. The predicted octanol–water partition coefficient (Wildman–Crippen LogP) is 3.24. The molecule has 2 rings (SSSR count). The average Bonchev–Trinajstić information content (AvgIpc) is 3.47. The average molecular weight is 525 g/mol. The number of hydrogen-bond acceptors (Lipinski definition) is 8. The lowest BCUT2D eigenvalue weighted by molar-refractivity contribution is -0.142. The van der Waals surface area contributed by atoms with Crippen LogP contribution in [0.4, 0.5) is 0 Å². The van der Waals surface area contributed by atoms with Gasteiger partial charge >= 0.3 is 5.97 Å². The van der Waals surface area contributed by atoms with E-state index in [0.717, 1.165) is 25.8 Å². The number of aromatic nitrogens is 1. The summed E-state index contributed by atoms with van der Waals surface area (Å²) in [5.41, 5.74) is -0.453. The van der Waals surface area contributed by atoms with Gasteiger partial charge in [0, 0.05) is 24.9 Å². The molecule has 2 amide bonds. The molecule has 0 unspecified atom stereocenters. The van der Waals surface area contributed by atoms with Crippen LogP contribution in [0.3, 0.4) is 0 Å². The maximum absolute atomic E-state index is 13.8. The largest absolute Gasteiger partial charge is 0.461 e. The van der Waals surface area contributed by atoms with E-state index in [2.05, 4.69) is 15.2 Å². The molecule has 0 aliphatic carbocycles. The van der Waals surface area contributed by atoms with E-state index in [1.807, 2.05) is 41.7 Å². The lowest BCUT2D eigenvalue weighted by Gasteiger charge is -2.38. The van der Waals surface area contributed by atoms with Gasteiger partial charge in [-0.15, -0.1) is 11.3 Å². The molecule has 1 aliphatic heterocycles. The van der Waals surface area contributed by atoms with E-state index >= 15 is 0 Å². The number of hydrogen-bond donors (Lipinski definition) is 2. The van der Waals surface area contributed by atoms with E-state index < -0.39 is 23.7 Å². The molecular weight excluding hydrogens is 480 g/mol. The van der Waals surface area contributed by atoms with Crippen LogP contribution in [0.1, 0.15) is 88.8 Å². The van der Waals surface area contributed by atoms with Crippen LogP contribution in [-0.2, 0) is 14.3 Å². The maximum Gasteiger partial charge on any atom is 0.357 e. The highest BCUT2D eigenvalue weighted by molar-refractivity contribution is 7.09. The molecule has 1 aromatic rings. The number of carbonyl (C=O) groups is 3. The molecule has 0 aromatic carbocycles. The quantitative estimate of drug-likeness (QED) is 0.404. The number of carbonyl (C=O) groups excluding carboxylic acids is 3. The Morgan fingerprint density at radius 2 is 1.97 bits per heavy atom. The Bertz CT molecular complexity index is 907. The van der Waals surface area contributed by atoms with Crippen molar-refractivity contribution in [1.82, 2.24) is 20.1 Å². The Balaban J connectivity index is 2.19. The van der Waals surface area contributed by atoms with E-state index in [4.69, 9.17) is 4.74 Å². The van der Waals surface area contributed by atoms with Crippen LogP contribution in [0, 0.1) is 11.8 Å². The second-order valence-corrected chi connectivity index (χ2v) is 11.3. The molecule has 1 aromatic heterocycles. The monoisotopic (exact) mass is 524 g/mol. The molecule has 1 fully saturated rings. The van der Waals surface area contributed by atoms with Crippen molar-refractivity contribution in [2.45, 2.75) is 91.0 Å². The molecule has 0 radical (unpaired) electrons. The van der Waals surface area contributed by atoms with Gasteiger partial charge in [0.1, 0.15) is 17.2 Å². The molecule has 36 heavy (non-hydrogen) atoms. The summed E-state index contributed by atoms with van der Waals surface area (Å²) in [5.74, 6) is -0.814. The molecule has 5 atom stereocenters. The van der Waals surface area contributed by atoms with Gasteiger partial charge in [0.05, 0.1) is 12.1 Å². The van der Waals surface area contributed by atoms with Crippen LogP contribution in [-0.4, -0.2) is 82.5 Å². The summed E-state index contributed by atoms with van der Waals surface area (Å²) in [5, 5.41) is 16.0. The third-order valence-corrected chi connectivity index (χ3v) is 8.57. The highest BCUT2D eigenvalue weighted by Gasteiger charge is 2.43. The first-order chi connectivity index (χ1) is 16.9. The van der Waals surface area contributed by atoms with Gasteiger partial charge in [-0.3, -0.25) is 14.5 Å². The lowest BCUT2D eigenvalue weighted by Crippen LogP contribution is -2.60. The summed E-state index contributed by atoms with van der Waals surface area (Å²) >= 11 is 1.20. The van der Waals surface area contributed by atoms with Gasteiger partial charge in [-0.05, 0) is 52.1 Å². The second-order valence-electron chi connectivity index (χ2n) is 10.4. The Labute approximate surface area is 219 Å². The minimum Gasteiger partial charge on any atom is -0.461 e. The van der Waals surface area contributed by atoms with Crippen LogP contribution in [0.25, 0.3) is 0 Å². The molecule has 9 nitrogen and oxygen atoms in total. The van der Waals surface area contributed by atoms with E-state index in [1.54, 1.807) is 24.3 Å². The van der Waals surface area contributed by atoms with Crippen molar-refractivity contribution in [3.8, 4) is 0 Å². The molecule has 2 heterocycles. The topological polar surface area (TPSA) is 112 Å². The van der Waals surface area contributed by atoms with Crippen LogP contribution in [0.2, 0.25) is 0 Å². The third-order valence-electron chi connectivity index (χ3n) is 7.63. The number of thiazole rings is 1. The van der Waals surface area contributed by atoms with E-state index in [0.29, 0.717) is 5.01 Å². The standard InChI is InChI=1S/C26H44N4O5S/c1-9-17(5)21(28-25(34)26(6)12-11-13-29(26)7)23(32)30(8)19(16(3)4)14-20(31)22-27-18(15-36-22)24(33)35-10-2/h15-17,19-21,31H,9-14H2,1-8H3,(H,28,34)/t17-,19+,20+,21-,26+/m0/s1. The van der Waals surface area contributed by atoms with Gasteiger partial charge in [-0.1, -0.05) is 34.1 Å². The zero-order valence-electron chi connectivity index (χ0n) is 23.0. The summed E-state index contributed by atoms with van der Waals surface area (Å²) in [6.07, 6.45) is 1.77. The first-order valence-corrected chi connectivity index (χ1v) is 13.8. The van der Waals surface area contributed by atoms with Crippen LogP contribution < -0.4 is 5.32 Å². The number of likely N-dealkylation sites (N-methyl/N-ethyl adjacent to an activating group) is 2. The van der Waals surface area contributed by atoms with Crippen molar-refractivity contribution in [3.63, 3.8) is 0 Å². The second kappa shape index (κ2) is 13.0. The Morgan fingerprint density at radius 3 is 2.50 bits per heavy atom. The first-order valence-electron chi connectivity index (χ1n) is 13.0. The smallest absolute Gasteiger partial charge is 0.357 e. The molecule has 10 heteroatoms. The zero-order valence-corrected chi connectivity index (χ0v) is 23.9. The third kappa shape index (κ3) is 6.83. The van der Waals surface area contributed by atoms with Gasteiger partial charge in [-0.2, -0.15) is 0 Å². The number of likely N-dealkylation sites (tertiary alicyclic amines) is 1. The van der Waals surface area contributed by atoms with Gasteiger partial charge in [0.25, 0.3) is 0 Å². The number of nitrogens with one attached hydrogen (secondary N) is 1. The van der Waals surface area contributed by atoms with Crippen LogP contribution in [0.5, 0.6) is 0 Å². The molecule has 1 saturated heterocycles. The van der Waals surface area contributed by atoms with E-state index in [-0.39, 0.29) is 48.4 Å². The lowest BCUT2D eigenvalue weighted by atomic mass is 9.91. The highest BCUT2D eigenvalue weighted by atomic mass is 32.1. The van der Waals surface area contributed by atoms with Gasteiger partial charge in [0.2, 0.25) is 11.8 Å². The molecule has 2 N–H and O–H groups in total. The van der Waals surface area contributed by atoms with Gasteiger partial charge in [0.15, 0.2) is 5.69 Å². The predicted molar refractivity (Wildman–Crippen MR) is 141 cm³/mol. The summed E-state index contributed by atoms with van der Waals surface area (Å²) in [6, 6.07) is -0.956.